The van der Waals surface area contributed by atoms with Crippen LogP contribution < -0.4 is 19.7 Å². The number of anilines is 1. The van der Waals surface area contributed by atoms with E-state index in [0.29, 0.717) is 17.0 Å². The van der Waals surface area contributed by atoms with Crippen LogP contribution in [0.5, 0.6) is 11.5 Å². The number of fused-ring (bicyclic) bond motifs is 1. The molecule has 1 heterocycles. The van der Waals surface area contributed by atoms with Gasteiger partial charge in [0.25, 0.3) is 5.91 Å². The number of halogens is 1. The van der Waals surface area contributed by atoms with Crippen LogP contribution >= 0.6 is 0 Å². The largest absolute Gasteiger partial charge is 0.494 e. The summed E-state index contributed by atoms with van der Waals surface area (Å²) in [5.74, 6) is -0.117. The van der Waals surface area contributed by atoms with Gasteiger partial charge in [-0.15, -0.1) is 0 Å². The van der Waals surface area contributed by atoms with Crippen molar-refractivity contribution in [1.82, 2.24) is 5.32 Å². The minimum Gasteiger partial charge on any atom is -0.494 e. The van der Waals surface area contributed by atoms with Gasteiger partial charge in [0.1, 0.15) is 5.75 Å². The zero-order valence-corrected chi connectivity index (χ0v) is 16.1. The van der Waals surface area contributed by atoms with Gasteiger partial charge in [0, 0.05) is 13.0 Å². The second-order valence-electron chi connectivity index (χ2n) is 6.65. The standard InChI is InChI=1S/C21H23FN2O4/c1-13(15-8-9-18(27-3)16(22)12-15)23-20(25)10-11-24-17-6-4-5-7-19(17)28-14(2)21(24)26/h4-9,12-14H,10-11H2,1-3H3,(H,23,25). The summed E-state index contributed by atoms with van der Waals surface area (Å²) in [5.41, 5.74) is 1.29. The molecule has 0 aromatic heterocycles. The van der Waals surface area contributed by atoms with E-state index in [-0.39, 0.29) is 36.6 Å². The Bertz CT molecular complexity index is 886. The smallest absolute Gasteiger partial charge is 0.267 e. The van der Waals surface area contributed by atoms with Crippen molar-refractivity contribution in [2.45, 2.75) is 32.4 Å². The molecule has 1 aliphatic rings. The Morgan fingerprint density at radius 2 is 2.07 bits per heavy atom. The first-order valence-corrected chi connectivity index (χ1v) is 9.10. The molecule has 2 unspecified atom stereocenters. The molecule has 3 rings (SSSR count). The normalized spacial score (nSPS) is 16.8. The summed E-state index contributed by atoms with van der Waals surface area (Å²) in [4.78, 5) is 26.4. The SMILES string of the molecule is COc1ccc(C(C)NC(=O)CCN2C(=O)C(C)Oc3ccccc32)cc1F. The van der Waals surface area contributed by atoms with Gasteiger partial charge < -0.3 is 19.7 Å². The van der Waals surface area contributed by atoms with E-state index in [2.05, 4.69) is 5.32 Å². The lowest BCUT2D eigenvalue weighted by molar-refractivity contribution is -0.125. The lowest BCUT2D eigenvalue weighted by Gasteiger charge is -2.32. The van der Waals surface area contributed by atoms with Crippen molar-refractivity contribution < 1.29 is 23.5 Å². The van der Waals surface area contributed by atoms with E-state index in [1.807, 2.05) is 12.1 Å². The molecule has 2 aromatic rings. The average molecular weight is 386 g/mol. The summed E-state index contributed by atoms with van der Waals surface area (Å²) in [5, 5.41) is 2.83. The molecule has 0 saturated heterocycles. The van der Waals surface area contributed by atoms with Gasteiger partial charge in [0.15, 0.2) is 17.7 Å². The number of nitrogens with one attached hydrogen (secondary N) is 1. The molecule has 7 heteroatoms. The Labute approximate surface area is 163 Å². The molecule has 6 nitrogen and oxygen atoms in total. The first-order chi connectivity index (χ1) is 13.4. The fourth-order valence-electron chi connectivity index (χ4n) is 3.15. The number of amides is 2. The molecule has 28 heavy (non-hydrogen) atoms. The maximum Gasteiger partial charge on any atom is 0.267 e. The van der Waals surface area contributed by atoms with E-state index in [1.165, 1.54) is 19.2 Å². The fourth-order valence-corrected chi connectivity index (χ4v) is 3.15. The number of benzene rings is 2. The van der Waals surface area contributed by atoms with E-state index in [0.717, 1.165) is 0 Å². The zero-order valence-electron chi connectivity index (χ0n) is 16.1. The van der Waals surface area contributed by atoms with Crippen LogP contribution in [0.15, 0.2) is 42.5 Å². The monoisotopic (exact) mass is 386 g/mol. The predicted molar refractivity (Wildman–Crippen MR) is 103 cm³/mol. The summed E-state index contributed by atoms with van der Waals surface area (Å²) in [7, 11) is 1.40. The van der Waals surface area contributed by atoms with Crippen molar-refractivity contribution in [3.63, 3.8) is 0 Å². The van der Waals surface area contributed by atoms with E-state index >= 15 is 0 Å². The number of rotatable bonds is 6. The highest BCUT2D eigenvalue weighted by atomic mass is 19.1. The molecule has 0 spiro atoms. The third kappa shape index (κ3) is 4.08. The van der Waals surface area contributed by atoms with Crippen LogP contribution in [-0.2, 0) is 9.59 Å². The van der Waals surface area contributed by atoms with Crippen molar-refractivity contribution in [1.29, 1.82) is 0 Å². The molecule has 1 aliphatic heterocycles. The van der Waals surface area contributed by atoms with Gasteiger partial charge in [-0.3, -0.25) is 9.59 Å². The van der Waals surface area contributed by atoms with E-state index in [9.17, 15) is 14.0 Å². The molecule has 2 aromatic carbocycles. The van der Waals surface area contributed by atoms with E-state index in [4.69, 9.17) is 9.47 Å². The predicted octanol–water partition coefficient (Wildman–Crippen LogP) is 3.22. The lowest BCUT2D eigenvalue weighted by Crippen LogP contribution is -2.45. The van der Waals surface area contributed by atoms with Crippen LogP contribution in [0.4, 0.5) is 10.1 Å². The van der Waals surface area contributed by atoms with Crippen molar-refractivity contribution in [3.05, 3.63) is 53.8 Å². The van der Waals surface area contributed by atoms with Gasteiger partial charge >= 0.3 is 0 Å². The Hall–Kier alpha value is -3.09. The zero-order chi connectivity index (χ0) is 20.3. The number of carbonyl (C=O) groups excluding carboxylic acids is 2. The Morgan fingerprint density at radius 3 is 2.79 bits per heavy atom. The first-order valence-electron chi connectivity index (χ1n) is 9.10. The number of para-hydroxylation sites is 2. The lowest BCUT2D eigenvalue weighted by atomic mass is 10.1. The van der Waals surface area contributed by atoms with Crippen molar-refractivity contribution in [2.75, 3.05) is 18.6 Å². The molecular weight excluding hydrogens is 363 g/mol. The molecule has 148 valence electrons. The number of hydrogen-bond donors (Lipinski definition) is 1. The maximum absolute atomic E-state index is 13.9. The summed E-state index contributed by atoms with van der Waals surface area (Å²) < 4.78 is 24.4. The van der Waals surface area contributed by atoms with Crippen LogP contribution in [-0.4, -0.2) is 31.6 Å². The molecule has 1 N–H and O–H groups in total. The molecule has 2 atom stereocenters. The molecule has 0 bridgehead atoms. The minimum absolute atomic E-state index is 0.121. The van der Waals surface area contributed by atoms with E-state index < -0.39 is 11.9 Å². The third-order valence-electron chi connectivity index (χ3n) is 4.69. The molecule has 0 fully saturated rings. The van der Waals surface area contributed by atoms with Crippen molar-refractivity contribution in [2.24, 2.45) is 0 Å². The summed E-state index contributed by atoms with van der Waals surface area (Å²) in [6.45, 7) is 3.70. The fraction of sp³-hybridized carbons (Fsp3) is 0.333. The topological polar surface area (TPSA) is 67.9 Å². The summed E-state index contributed by atoms with van der Waals surface area (Å²) in [6.07, 6.45) is -0.477. The molecule has 0 radical (unpaired) electrons. The van der Waals surface area contributed by atoms with E-state index in [1.54, 1.807) is 36.9 Å². The maximum atomic E-state index is 13.9. The number of nitrogens with zero attached hydrogens (tertiary/aromatic N) is 1. The first kappa shape index (κ1) is 19.7. The summed E-state index contributed by atoms with van der Waals surface area (Å²) in [6, 6.07) is 11.4. The van der Waals surface area contributed by atoms with Gasteiger partial charge in [-0.25, -0.2) is 4.39 Å². The van der Waals surface area contributed by atoms with Crippen LogP contribution in [0, 0.1) is 5.82 Å². The quantitative estimate of drug-likeness (QED) is 0.828. The van der Waals surface area contributed by atoms with Crippen molar-refractivity contribution in [3.8, 4) is 11.5 Å². The number of carbonyl (C=O) groups is 2. The Kier molecular flexibility index (Phi) is 5.82. The second-order valence-corrected chi connectivity index (χ2v) is 6.65. The highest BCUT2D eigenvalue weighted by Gasteiger charge is 2.31. The molecule has 0 aliphatic carbocycles. The minimum atomic E-state index is -0.598. The highest BCUT2D eigenvalue weighted by molar-refractivity contribution is 6.00. The van der Waals surface area contributed by atoms with Gasteiger partial charge in [-0.05, 0) is 43.7 Å². The summed E-state index contributed by atoms with van der Waals surface area (Å²) >= 11 is 0. The molecular formula is C21H23FN2O4. The Balaban J connectivity index is 1.62. The Morgan fingerprint density at radius 1 is 1.32 bits per heavy atom. The van der Waals surface area contributed by atoms with Gasteiger partial charge in [-0.1, -0.05) is 18.2 Å². The van der Waals surface area contributed by atoms with Crippen LogP contribution in [0.25, 0.3) is 0 Å². The van der Waals surface area contributed by atoms with Crippen LogP contribution in [0.1, 0.15) is 31.9 Å². The average Bonchev–Trinajstić information content (AvgIpc) is 2.68. The second kappa shape index (κ2) is 8.29. The van der Waals surface area contributed by atoms with Crippen LogP contribution in [0.2, 0.25) is 0 Å². The molecule has 2 amide bonds. The van der Waals surface area contributed by atoms with Gasteiger partial charge in [0.05, 0.1) is 18.8 Å². The number of hydrogen-bond acceptors (Lipinski definition) is 4. The number of methoxy groups -OCH3 is 1. The van der Waals surface area contributed by atoms with Crippen molar-refractivity contribution >= 4 is 17.5 Å². The highest BCUT2D eigenvalue weighted by Crippen LogP contribution is 2.33. The van der Waals surface area contributed by atoms with Crippen LogP contribution in [0.3, 0.4) is 0 Å². The number of ether oxygens (including phenoxy) is 2. The van der Waals surface area contributed by atoms with Gasteiger partial charge in [0.2, 0.25) is 5.91 Å². The molecule has 0 saturated carbocycles. The van der Waals surface area contributed by atoms with Gasteiger partial charge in [-0.2, -0.15) is 0 Å². The third-order valence-corrected chi connectivity index (χ3v) is 4.69.